The predicted molar refractivity (Wildman–Crippen MR) is 43.9 cm³/mol. The molecule has 0 aliphatic rings. The zero-order chi connectivity index (χ0) is 7.82. The van der Waals surface area contributed by atoms with Crippen molar-refractivity contribution < 1.29 is 9.84 Å². The Morgan fingerprint density at radius 1 is 1.50 bits per heavy atom. The summed E-state index contributed by atoms with van der Waals surface area (Å²) in [6.07, 6.45) is 3.40. The normalized spacial score (nSPS) is 13.5. The molecule has 0 aromatic heterocycles. The second-order valence-corrected chi connectivity index (χ2v) is 2.72. The summed E-state index contributed by atoms with van der Waals surface area (Å²) in [4.78, 5) is 0. The van der Waals surface area contributed by atoms with Crippen LogP contribution in [0, 0.1) is 0 Å². The van der Waals surface area contributed by atoms with Gasteiger partial charge in [-0.25, -0.2) is 0 Å². The van der Waals surface area contributed by atoms with Crippen molar-refractivity contribution in [1.29, 1.82) is 0 Å². The maximum Gasteiger partial charge on any atom is 0.136 e. The lowest BCUT2D eigenvalue weighted by atomic mass is 10.3. The Labute approximate surface area is 68.0 Å². The van der Waals surface area contributed by atoms with Crippen LogP contribution in [-0.2, 0) is 4.74 Å². The Kier molecular flexibility index (Phi) is 7.58. The van der Waals surface area contributed by atoms with Crippen molar-refractivity contribution in [3.05, 3.63) is 0 Å². The maximum atomic E-state index is 8.46. The molecule has 0 heterocycles. The van der Waals surface area contributed by atoms with Gasteiger partial charge in [0, 0.05) is 6.61 Å². The Morgan fingerprint density at radius 2 is 2.20 bits per heavy atom. The van der Waals surface area contributed by atoms with Crippen molar-refractivity contribution in [1.82, 2.24) is 0 Å². The van der Waals surface area contributed by atoms with E-state index in [1.165, 1.54) is 12.8 Å². The van der Waals surface area contributed by atoms with Crippen LogP contribution in [0.3, 0.4) is 0 Å². The van der Waals surface area contributed by atoms with Gasteiger partial charge in [0.25, 0.3) is 0 Å². The Bertz CT molecular complexity index is 68.6. The van der Waals surface area contributed by atoms with Gasteiger partial charge < -0.3 is 9.84 Å². The van der Waals surface area contributed by atoms with E-state index in [1.807, 2.05) is 0 Å². The zero-order valence-electron chi connectivity index (χ0n) is 6.38. The molecule has 0 fully saturated rings. The second kappa shape index (κ2) is 7.38. The molecule has 3 heteroatoms. The van der Waals surface area contributed by atoms with Crippen LogP contribution in [0.25, 0.3) is 0 Å². The molecule has 0 bridgehead atoms. The summed E-state index contributed by atoms with van der Waals surface area (Å²) < 4.78 is 5.06. The molecular formula is C7H15O2S. The van der Waals surface area contributed by atoms with Gasteiger partial charge in [0.1, 0.15) is 5.44 Å². The van der Waals surface area contributed by atoms with E-state index in [4.69, 9.17) is 22.5 Å². The van der Waals surface area contributed by atoms with Gasteiger partial charge in [0.15, 0.2) is 0 Å². The number of hydrogen-bond donors (Lipinski definition) is 1. The molecule has 0 aromatic carbocycles. The van der Waals surface area contributed by atoms with Gasteiger partial charge >= 0.3 is 0 Å². The predicted octanol–water partition coefficient (Wildman–Crippen LogP) is 1.71. The largest absolute Gasteiger partial charge is 0.393 e. The van der Waals surface area contributed by atoms with Crippen molar-refractivity contribution in [2.75, 3.05) is 13.2 Å². The molecule has 0 rings (SSSR count). The fraction of sp³-hybridized carbons (Fsp3) is 1.00. The van der Waals surface area contributed by atoms with Gasteiger partial charge in [-0.3, -0.25) is 0 Å². The van der Waals surface area contributed by atoms with Gasteiger partial charge in [0.05, 0.1) is 6.61 Å². The molecule has 0 spiro atoms. The lowest BCUT2D eigenvalue weighted by molar-refractivity contribution is 0.0677. The molecule has 1 atom stereocenters. The standard InChI is InChI=1S/C7H15O2S/c1-2-3-4-5-9-7(10)6-8/h7-8H,2-6H2,1H3. The smallest absolute Gasteiger partial charge is 0.136 e. The first-order valence-electron chi connectivity index (χ1n) is 3.69. The van der Waals surface area contributed by atoms with Crippen molar-refractivity contribution in [3.8, 4) is 0 Å². The number of ether oxygens (including phenoxy) is 1. The molecule has 0 aliphatic carbocycles. The van der Waals surface area contributed by atoms with Gasteiger partial charge in [-0.2, -0.15) is 0 Å². The third-order valence-corrected chi connectivity index (χ3v) is 1.49. The zero-order valence-corrected chi connectivity index (χ0v) is 7.19. The first-order valence-corrected chi connectivity index (χ1v) is 4.16. The van der Waals surface area contributed by atoms with Crippen molar-refractivity contribution in [3.63, 3.8) is 0 Å². The maximum absolute atomic E-state index is 8.46. The SMILES string of the molecule is CCCCCOC([S])CO. The van der Waals surface area contributed by atoms with Gasteiger partial charge in [-0.1, -0.05) is 32.4 Å². The quantitative estimate of drug-likeness (QED) is 0.604. The average molecular weight is 163 g/mol. The van der Waals surface area contributed by atoms with Gasteiger partial charge in [-0.05, 0) is 6.42 Å². The molecule has 1 N–H and O–H groups in total. The highest BCUT2D eigenvalue weighted by molar-refractivity contribution is 7.80. The van der Waals surface area contributed by atoms with Crippen LogP contribution in [-0.4, -0.2) is 23.8 Å². The first-order chi connectivity index (χ1) is 4.81. The third-order valence-electron chi connectivity index (χ3n) is 1.20. The first kappa shape index (κ1) is 10.3. The highest BCUT2D eigenvalue weighted by Gasteiger charge is 1.98. The van der Waals surface area contributed by atoms with E-state index in [0.29, 0.717) is 6.61 Å². The molecule has 1 radical (unpaired) electrons. The third kappa shape index (κ3) is 6.39. The summed E-state index contributed by atoms with van der Waals surface area (Å²) in [6, 6.07) is 0. The molecule has 61 valence electrons. The highest BCUT2D eigenvalue weighted by Crippen LogP contribution is 1.99. The van der Waals surface area contributed by atoms with Crippen LogP contribution < -0.4 is 0 Å². The molecule has 1 unspecified atom stereocenters. The fourth-order valence-corrected chi connectivity index (χ4v) is 0.716. The number of rotatable bonds is 6. The summed E-state index contributed by atoms with van der Waals surface area (Å²) in [5, 5.41) is 8.46. The van der Waals surface area contributed by atoms with Crippen molar-refractivity contribution in [2.24, 2.45) is 0 Å². The van der Waals surface area contributed by atoms with E-state index in [1.54, 1.807) is 0 Å². The number of unbranched alkanes of at least 4 members (excludes halogenated alkanes) is 2. The van der Waals surface area contributed by atoms with E-state index >= 15 is 0 Å². The Hall–Kier alpha value is 0.270. The molecule has 10 heavy (non-hydrogen) atoms. The van der Waals surface area contributed by atoms with Crippen LogP contribution in [0.1, 0.15) is 26.2 Å². The molecule has 0 aromatic rings. The summed E-state index contributed by atoms with van der Waals surface area (Å²) in [7, 11) is 0. The molecular weight excluding hydrogens is 148 g/mol. The molecule has 0 aliphatic heterocycles. The van der Waals surface area contributed by atoms with E-state index in [2.05, 4.69) is 6.92 Å². The van der Waals surface area contributed by atoms with Gasteiger partial charge in [-0.15, -0.1) is 0 Å². The Morgan fingerprint density at radius 3 is 2.70 bits per heavy atom. The fourth-order valence-electron chi connectivity index (χ4n) is 0.620. The van der Waals surface area contributed by atoms with Crippen LogP contribution >= 0.6 is 12.6 Å². The minimum Gasteiger partial charge on any atom is -0.393 e. The second-order valence-electron chi connectivity index (χ2n) is 2.19. The van der Waals surface area contributed by atoms with Gasteiger partial charge in [0.2, 0.25) is 0 Å². The number of aliphatic hydroxyl groups is 1. The molecule has 2 nitrogen and oxygen atoms in total. The number of hydrogen-bond acceptors (Lipinski definition) is 2. The van der Waals surface area contributed by atoms with Crippen LogP contribution in [0.5, 0.6) is 0 Å². The lowest BCUT2D eigenvalue weighted by Crippen LogP contribution is -2.10. The average Bonchev–Trinajstić information content (AvgIpc) is 1.98. The van der Waals surface area contributed by atoms with Crippen LogP contribution in [0.2, 0.25) is 0 Å². The summed E-state index contributed by atoms with van der Waals surface area (Å²) >= 11 is 4.72. The minimum absolute atomic E-state index is 0.0541. The van der Waals surface area contributed by atoms with E-state index in [-0.39, 0.29) is 6.61 Å². The number of aliphatic hydroxyl groups excluding tert-OH is 1. The monoisotopic (exact) mass is 163 g/mol. The highest BCUT2D eigenvalue weighted by atomic mass is 32.1. The lowest BCUT2D eigenvalue weighted by Gasteiger charge is -2.06. The molecule has 0 saturated heterocycles. The van der Waals surface area contributed by atoms with Crippen molar-refractivity contribution in [2.45, 2.75) is 31.6 Å². The van der Waals surface area contributed by atoms with E-state index < -0.39 is 5.44 Å². The summed E-state index contributed by atoms with van der Waals surface area (Å²) in [5.41, 5.74) is -0.406. The summed E-state index contributed by atoms with van der Waals surface area (Å²) in [6.45, 7) is 2.77. The Balaban J connectivity index is 2.89. The van der Waals surface area contributed by atoms with Crippen molar-refractivity contribution >= 4 is 12.6 Å². The topological polar surface area (TPSA) is 29.5 Å². The van der Waals surface area contributed by atoms with E-state index in [0.717, 1.165) is 6.42 Å². The summed E-state index contributed by atoms with van der Waals surface area (Å²) in [5.74, 6) is 0. The van der Waals surface area contributed by atoms with Crippen LogP contribution in [0.15, 0.2) is 0 Å². The molecule has 0 saturated carbocycles. The van der Waals surface area contributed by atoms with E-state index in [9.17, 15) is 0 Å². The minimum atomic E-state index is -0.406. The molecule has 0 amide bonds. The van der Waals surface area contributed by atoms with Crippen LogP contribution in [0.4, 0.5) is 0 Å².